The van der Waals surface area contributed by atoms with E-state index in [0.29, 0.717) is 29.9 Å². The quantitative estimate of drug-likeness (QED) is 0.277. The van der Waals surface area contributed by atoms with Crippen LogP contribution in [0.3, 0.4) is 0 Å². The number of hydrogen-bond acceptors (Lipinski definition) is 7. The molecule has 2 aromatic heterocycles. The molecule has 0 unspecified atom stereocenters. The first kappa shape index (κ1) is 12.0. The van der Waals surface area contributed by atoms with Crippen molar-refractivity contribution < 1.29 is 10.0 Å². The van der Waals surface area contributed by atoms with E-state index in [0.717, 1.165) is 0 Å². The van der Waals surface area contributed by atoms with Crippen LogP contribution in [0.15, 0.2) is 6.33 Å². The Kier molecular flexibility index (Phi) is 3.53. The number of nitrogens with zero attached hydrogens (tertiary/aromatic N) is 3. The summed E-state index contributed by atoms with van der Waals surface area (Å²) < 4.78 is 0. The van der Waals surface area contributed by atoms with Crippen molar-refractivity contribution in [1.29, 1.82) is 0 Å². The molecular weight excluding hydrogens is 238 g/mol. The van der Waals surface area contributed by atoms with Crippen LogP contribution in [-0.4, -0.2) is 37.6 Å². The van der Waals surface area contributed by atoms with E-state index in [1.807, 2.05) is 0 Å². The molecule has 9 heteroatoms. The van der Waals surface area contributed by atoms with Crippen LogP contribution in [0.5, 0.6) is 0 Å². The summed E-state index contributed by atoms with van der Waals surface area (Å²) in [5.74, 6) is 0.246. The lowest BCUT2D eigenvalue weighted by molar-refractivity contribution is -0.129. The van der Waals surface area contributed by atoms with Crippen molar-refractivity contribution in [2.75, 3.05) is 17.6 Å². The molecule has 0 saturated heterocycles. The Balaban J connectivity index is 1.99. The smallest absolute Gasteiger partial charge is 0.243 e. The number of fused-ring (bicyclic) bond motifs is 1. The summed E-state index contributed by atoms with van der Waals surface area (Å²) in [6.07, 6.45) is 2.27. The predicted molar refractivity (Wildman–Crippen MR) is 63.7 cm³/mol. The number of H-pyrrole nitrogens is 1. The number of anilines is 2. The van der Waals surface area contributed by atoms with E-state index in [-0.39, 0.29) is 12.4 Å². The number of nitrogens with two attached hydrogens (primary N) is 1. The van der Waals surface area contributed by atoms with Crippen molar-refractivity contribution in [2.24, 2.45) is 0 Å². The minimum Gasteiger partial charge on any atom is -0.368 e. The second-order valence-electron chi connectivity index (χ2n) is 3.60. The number of hydrogen-bond donors (Lipinski definition) is 5. The maximum Gasteiger partial charge on any atom is 0.243 e. The molecule has 0 bridgehead atoms. The number of aromatic amines is 1. The highest BCUT2D eigenvalue weighted by Gasteiger charge is 2.07. The zero-order chi connectivity index (χ0) is 13.0. The van der Waals surface area contributed by atoms with E-state index in [9.17, 15) is 4.79 Å². The predicted octanol–water partition coefficient (Wildman–Crippen LogP) is -0.367. The summed E-state index contributed by atoms with van der Waals surface area (Å²) in [5, 5.41) is 11.4. The van der Waals surface area contributed by atoms with Gasteiger partial charge in [0.25, 0.3) is 0 Å². The number of rotatable bonds is 5. The van der Waals surface area contributed by atoms with E-state index >= 15 is 0 Å². The highest BCUT2D eigenvalue weighted by molar-refractivity contribution is 5.83. The van der Waals surface area contributed by atoms with Crippen LogP contribution in [0.2, 0.25) is 0 Å². The van der Waals surface area contributed by atoms with Crippen molar-refractivity contribution in [3.8, 4) is 0 Å². The Morgan fingerprint density at radius 1 is 1.50 bits per heavy atom. The summed E-state index contributed by atoms with van der Waals surface area (Å²) in [7, 11) is 0. The zero-order valence-electron chi connectivity index (χ0n) is 9.47. The van der Waals surface area contributed by atoms with Gasteiger partial charge in [-0.15, -0.1) is 0 Å². The van der Waals surface area contributed by atoms with Gasteiger partial charge in [-0.1, -0.05) is 0 Å². The van der Waals surface area contributed by atoms with E-state index < -0.39 is 5.91 Å². The summed E-state index contributed by atoms with van der Waals surface area (Å²) in [6, 6.07) is 0. The van der Waals surface area contributed by atoms with Crippen LogP contribution >= 0.6 is 0 Å². The fourth-order valence-electron chi connectivity index (χ4n) is 1.49. The minimum atomic E-state index is -0.425. The Hall–Kier alpha value is -2.42. The molecule has 0 atom stereocenters. The Morgan fingerprint density at radius 2 is 2.33 bits per heavy atom. The first-order valence-corrected chi connectivity index (χ1v) is 5.34. The standard InChI is InChI=1S/C9H13N7O2/c10-9-14-7(6-8(15-9)13-4-12-6)11-3-1-2-5(17)16-18/h4,18H,1-3H2,(H,16,17)(H4,10,11,12,13,14,15). The van der Waals surface area contributed by atoms with E-state index in [1.54, 1.807) is 5.48 Å². The van der Waals surface area contributed by atoms with E-state index in [4.69, 9.17) is 10.9 Å². The van der Waals surface area contributed by atoms with E-state index in [2.05, 4.69) is 25.3 Å². The third-order valence-corrected chi connectivity index (χ3v) is 2.30. The topological polar surface area (TPSA) is 142 Å². The Morgan fingerprint density at radius 3 is 3.11 bits per heavy atom. The van der Waals surface area contributed by atoms with Gasteiger partial charge in [-0.05, 0) is 6.42 Å². The first-order valence-electron chi connectivity index (χ1n) is 5.34. The van der Waals surface area contributed by atoms with Crippen LogP contribution in [-0.2, 0) is 4.79 Å². The lowest BCUT2D eigenvalue weighted by Gasteiger charge is -2.06. The van der Waals surface area contributed by atoms with Crippen LogP contribution in [0, 0.1) is 0 Å². The van der Waals surface area contributed by atoms with Crippen LogP contribution in [0.4, 0.5) is 11.8 Å². The molecule has 0 aliphatic heterocycles. The highest BCUT2D eigenvalue weighted by Crippen LogP contribution is 2.16. The summed E-state index contributed by atoms with van der Waals surface area (Å²) >= 11 is 0. The molecule has 0 aliphatic carbocycles. The van der Waals surface area contributed by atoms with Gasteiger partial charge in [0, 0.05) is 13.0 Å². The average molecular weight is 251 g/mol. The molecule has 0 spiro atoms. The van der Waals surface area contributed by atoms with Crippen molar-refractivity contribution in [3.63, 3.8) is 0 Å². The highest BCUT2D eigenvalue weighted by atomic mass is 16.5. The largest absolute Gasteiger partial charge is 0.368 e. The van der Waals surface area contributed by atoms with Crippen molar-refractivity contribution in [2.45, 2.75) is 12.8 Å². The molecule has 6 N–H and O–H groups in total. The van der Waals surface area contributed by atoms with Crippen molar-refractivity contribution >= 4 is 28.8 Å². The number of carbonyl (C=O) groups is 1. The second kappa shape index (κ2) is 5.27. The lowest BCUT2D eigenvalue weighted by Crippen LogP contribution is -2.19. The molecule has 96 valence electrons. The van der Waals surface area contributed by atoms with Gasteiger partial charge < -0.3 is 16.0 Å². The molecule has 2 aromatic rings. The molecule has 0 radical (unpaired) electrons. The van der Waals surface area contributed by atoms with Crippen LogP contribution in [0.25, 0.3) is 11.2 Å². The lowest BCUT2D eigenvalue weighted by atomic mass is 10.3. The molecule has 18 heavy (non-hydrogen) atoms. The van der Waals surface area contributed by atoms with Crippen LogP contribution in [0.1, 0.15) is 12.8 Å². The van der Waals surface area contributed by atoms with Gasteiger partial charge in [0.05, 0.1) is 6.33 Å². The number of imidazole rings is 1. The van der Waals surface area contributed by atoms with Crippen molar-refractivity contribution in [3.05, 3.63) is 6.33 Å². The summed E-state index contributed by atoms with van der Waals surface area (Å²) in [5.41, 5.74) is 8.26. The van der Waals surface area contributed by atoms with Gasteiger partial charge >= 0.3 is 0 Å². The number of carbonyl (C=O) groups excluding carboxylic acids is 1. The maximum absolute atomic E-state index is 10.8. The van der Waals surface area contributed by atoms with Gasteiger partial charge in [0.1, 0.15) is 5.52 Å². The number of hydroxylamine groups is 1. The zero-order valence-corrected chi connectivity index (χ0v) is 9.47. The molecule has 0 saturated carbocycles. The van der Waals surface area contributed by atoms with E-state index in [1.165, 1.54) is 6.33 Å². The Bertz CT molecular complexity index is 553. The van der Waals surface area contributed by atoms with Gasteiger partial charge in [0.2, 0.25) is 11.9 Å². The number of nitrogen functional groups attached to an aromatic ring is 1. The van der Waals surface area contributed by atoms with Gasteiger partial charge in [0.15, 0.2) is 11.5 Å². The van der Waals surface area contributed by atoms with Gasteiger partial charge in [-0.3, -0.25) is 10.0 Å². The molecule has 1 amide bonds. The Labute approximate surface area is 102 Å². The molecule has 0 aliphatic rings. The fourth-order valence-corrected chi connectivity index (χ4v) is 1.49. The normalized spacial score (nSPS) is 10.5. The third kappa shape index (κ3) is 2.63. The molecular formula is C9H13N7O2. The van der Waals surface area contributed by atoms with Crippen LogP contribution < -0.4 is 16.5 Å². The van der Waals surface area contributed by atoms with Crippen molar-refractivity contribution in [1.82, 2.24) is 25.4 Å². The monoisotopic (exact) mass is 251 g/mol. The molecule has 9 nitrogen and oxygen atoms in total. The maximum atomic E-state index is 10.8. The number of amides is 1. The SMILES string of the molecule is Nc1nc(NCCCC(=O)NO)c2[nH]cnc2n1. The van der Waals surface area contributed by atoms with Gasteiger partial charge in [-0.2, -0.15) is 9.97 Å². The fraction of sp³-hybridized carbons (Fsp3) is 0.333. The average Bonchev–Trinajstić information content (AvgIpc) is 2.81. The van der Waals surface area contributed by atoms with Gasteiger partial charge in [-0.25, -0.2) is 10.5 Å². The molecule has 2 heterocycles. The summed E-state index contributed by atoms with van der Waals surface area (Å²) in [4.78, 5) is 25.7. The number of nitrogens with one attached hydrogen (secondary N) is 3. The first-order chi connectivity index (χ1) is 8.70. The summed E-state index contributed by atoms with van der Waals surface area (Å²) in [6.45, 7) is 0.512. The molecule has 0 fully saturated rings. The second-order valence-corrected chi connectivity index (χ2v) is 3.60. The third-order valence-electron chi connectivity index (χ3n) is 2.30. The molecule has 0 aromatic carbocycles. The molecule has 2 rings (SSSR count). The number of aromatic nitrogens is 4. The minimum absolute atomic E-state index is 0.130.